The minimum Gasteiger partial charge on any atom is -0.329 e. The van der Waals surface area contributed by atoms with Gasteiger partial charge in [-0.3, -0.25) is 4.90 Å². The smallest absolute Gasteiger partial charge is 0.152 e. The van der Waals surface area contributed by atoms with Gasteiger partial charge in [0.25, 0.3) is 0 Å². The van der Waals surface area contributed by atoms with Gasteiger partial charge in [-0.25, -0.2) is 8.42 Å². The SMILES string of the molecule is CC(c1cccs1)N(C)C1(CN)CCS(=O)(=O)C1. The van der Waals surface area contributed by atoms with Gasteiger partial charge in [-0.1, -0.05) is 6.07 Å². The molecule has 1 saturated heterocycles. The van der Waals surface area contributed by atoms with Gasteiger partial charge in [0.1, 0.15) is 0 Å². The lowest BCUT2D eigenvalue weighted by molar-refractivity contribution is 0.108. The predicted octanol–water partition coefficient (Wildman–Crippen LogP) is 1.26. The van der Waals surface area contributed by atoms with Crippen LogP contribution in [0.15, 0.2) is 17.5 Å². The van der Waals surface area contributed by atoms with E-state index in [4.69, 9.17) is 5.73 Å². The molecule has 0 radical (unpaired) electrons. The monoisotopic (exact) mass is 288 g/mol. The van der Waals surface area contributed by atoms with Crippen LogP contribution in [0.2, 0.25) is 0 Å². The molecule has 2 rings (SSSR count). The topological polar surface area (TPSA) is 63.4 Å². The molecule has 2 N–H and O–H groups in total. The quantitative estimate of drug-likeness (QED) is 0.906. The van der Waals surface area contributed by atoms with Crippen molar-refractivity contribution in [2.24, 2.45) is 5.73 Å². The van der Waals surface area contributed by atoms with Gasteiger partial charge >= 0.3 is 0 Å². The maximum absolute atomic E-state index is 11.7. The fourth-order valence-electron chi connectivity index (χ4n) is 2.61. The highest BCUT2D eigenvalue weighted by atomic mass is 32.2. The zero-order valence-electron chi connectivity index (χ0n) is 10.8. The molecule has 1 aliphatic rings. The van der Waals surface area contributed by atoms with E-state index in [1.165, 1.54) is 4.88 Å². The number of hydrogen-bond donors (Lipinski definition) is 1. The largest absolute Gasteiger partial charge is 0.329 e. The summed E-state index contributed by atoms with van der Waals surface area (Å²) in [4.78, 5) is 3.39. The van der Waals surface area contributed by atoms with Crippen LogP contribution in [-0.4, -0.2) is 44.0 Å². The van der Waals surface area contributed by atoms with Crippen molar-refractivity contribution in [3.05, 3.63) is 22.4 Å². The van der Waals surface area contributed by atoms with Gasteiger partial charge < -0.3 is 5.73 Å². The Labute approximate surface area is 113 Å². The van der Waals surface area contributed by atoms with Crippen LogP contribution in [0.3, 0.4) is 0 Å². The summed E-state index contributed by atoms with van der Waals surface area (Å²) in [6.07, 6.45) is 0.637. The van der Waals surface area contributed by atoms with Gasteiger partial charge in [-0.15, -0.1) is 11.3 Å². The summed E-state index contributed by atoms with van der Waals surface area (Å²) in [5.41, 5.74) is 5.48. The number of thiophene rings is 1. The second-order valence-corrected chi connectivity index (χ2v) is 8.24. The van der Waals surface area contributed by atoms with Crippen LogP contribution in [0.4, 0.5) is 0 Å². The van der Waals surface area contributed by atoms with Gasteiger partial charge in [0.05, 0.1) is 11.5 Å². The highest BCUT2D eigenvalue weighted by molar-refractivity contribution is 7.91. The molecule has 1 aliphatic heterocycles. The Bertz CT molecular complexity index is 498. The van der Waals surface area contributed by atoms with Crippen LogP contribution in [0, 0.1) is 0 Å². The van der Waals surface area contributed by atoms with E-state index in [1.807, 2.05) is 18.5 Å². The van der Waals surface area contributed by atoms with Crippen molar-refractivity contribution < 1.29 is 8.42 Å². The Balaban J connectivity index is 2.24. The Morgan fingerprint density at radius 1 is 1.61 bits per heavy atom. The lowest BCUT2D eigenvalue weighted by Crippen LogP contribution is -2.53. The summed E-state index contributed by atoms with van der Waals surface area (Å²) in [5, 5.41) is 2.04. The first-order chi connectivity index (χ1) is 8.40. The molecule has 2 heterocycles. The van der Waals surface area contributed by atoms with Crippen molar-refractivity contribution in [3.8, 4) is 0 Å². The van der Waals surface area contributed by atoms with E-state index < -0.39 is 15.4 Å². The maximum atomic E-state index is 11.7. The minimum absolute atomic E-state index is 0.183. The highest BCUT2D eigenvalue weighted by Gasteiger charge is 2.45. The first kappa shape index (κ1) is 14.0. The number of nitrogens with zero attached hydrogens (tertiary/aromatic N) is 1. The third kappa shape index (κ3) is 2.47. The molecule has 1 aromatic heterocycles. The van der Waals surface area contributed by atoms with E-state index in [-0.39, 0.29) is 17.5 Å². The average molecular weight is 288 g/mol. The van der Waals surface area contributed by atoms with Crippen LogP contribution >= 0.6 is 11.3 Å². The normalized spacial score (nSPS) is 28.7. The van der Waals surface area contributed by atoms with Crippen molar-refractivity contribution in [1.82, 2.24) is 4.90 Å². The molecule has 4 nitrogen and oxygen atoms in total. The molecule has 2 unspecified atom stereocenters. The van der Waals surface area contributed by atoms with E-state index in [2.05, 4.69) is 17.9 Å². The molecule has 102 valence electrons. The van der Waals surface area contributed by atoms with Crippen LogP contribution in [0.1, 0.15) is 24.3 Å². The number of rotatable bonds is 4. The molecule has 0 saturated carbocycles. The maximum Gasteiger partial charge on any atom is 0.152 e. The fraction of sp³-hybridized carbons (Fsp3) is 0.667. The lowest BCUT2D eigenvalue weighted by Gasteiger charge is -2.40. The van der Waals surface area contributed by atoms with Gasteiger partial charge in [0, 0.05) is 23.0 Å². The van der Waals surface area contributed by atoms with Gasteiger partial charge in [-0.05, 0) is 31.8 Å². The molecule has 0 bridgehead atoms. The first-order valence-electron chi connectivity index (χ1n) is 6.07. The number of likely N-dealkylation sites (N-methyl/N-ethyl adjacent to an activating group) is 1. The van der Waals surface area contributed by atoms with Gasteiger partial charge in [0.2, 0.25) is 0 Å². The first-order valence-corrected chi connectivity index (χ1v) is 8.77. The molecule has 1 aromatic rings. The third-order valence-electron chi connectivity index (χ3n) is 4.03. The molecule has 0 amide bonds. The van der Waals surface area contributed by atoms with E-state index in [0.717, 1.165) is 0 Å². The summed E-state index contributed by atoms with van der Waals surface area (Å²) < 4.78 is 23.5. The Kier molecular flexibility index (Phi) is 3.82. The number of nitrogens with two attached hydrogens (primary N) is 1. The van der Waals surface area contributed by atoms with Crippen molar-refractivity contribution in [3.63, 3.8) is 0 Å². The van der Waals surface area contributed by atoms with E-state index >= 15 is 0 Å². The molecular weight excluding hydrogens is 268 g/mol. The summed E-state index contributed by atoms with van der Waals surface area (Å²) in [7, 11) is -0.947. The number of hydrogen-bond acceptors (Lipinski definition) is 5. The predicted molar refractivity (Wildman–Crippen MR) is 75.6 cm³/mol. The molecule has 0 aromatic carbocycles. The van der Waals surface area contributed by atoms with E-state index in [9.17, 15) is 8.42 Å². The van der Waals surface area contributed by atoms with Crippen LogP contribution in [0.5, 0.6) is 0 Å². The zero-order chi connectivity index (χ0) is 13.4. The van der Waals surface area contributed by atoms with E-state index in [0.29, 0.717) is 13.0 Å². The third-order valence-corrected chi connectivity index (χ3v) is 6.88. The molecule has 2 atom stereocenters. The average Bonchev–Trinajstić information content (AvgIpc) is 2.95. The zero-order valence-corrected chi connectivity index (χ0v) is 12.4. The van der Waals surface area contributed by atoms with Crippen molar-refractivity contribution >= 4 is 21.2 Å². The summed E-state index contributed by atoms with van der Waals surface area (Å²) in [5.74, 6) is 0.439. The number of sulfone groups is 1. The molecular formula is C12H20N2O2S2. The molecule has 0 aliphatic carbocycles. The molecule has 6 heteroatoms. The Morgan fingerprint density at radius 3 is 2.78 bits per heavy atom. The Hall–Kier alpha value is -0.430. The summed E-state index contributed by atoms with van der Waals surface area (Å²) >= 11 is 1.70. The molecule has 0 spiro atoms. The van der Waals surface area contributed by atoms with Crippen LogP contribution < -0.4 is 5.73 Å². The van der Waals surface area contributed by atoms with Gasteiger partial charge in [0.15, 0.2) is 9.84 Å². The fourth-order valence-corrected chi connectivity index (χ4v) is 5.56. The van der Waals surface area contributed by atoms with Gasteiger partial charge in [-0.2, -0.15) is 0 Å². The van der Waals surface area contributed by atoms with Crippen LogP contribution in [-0.2, 0) is 9.84 Å². The second-order valence-electron chi connectivity index (χ2n) is 5.07. The summed E-state index contributed by atoms with van der Waals surface area (Å²) in [6, 6.07) is 4.30. The minimum atomic E-state index is -2.93. The molecule has 1 fully saturated rings. The summed E-state index contributed by atoms with van der Waals surface area (Å²) in [6.45, 7) is 2.49. The highest BCUT2D eigenvalue weighted by Crippen LogP contribution is 2.35. The standard InChI is InChI=1S/C12H20N2O2S2/c1-10(11-4-3-6-17-11)14(2)12(8-13)5-7-18(15,16)9-12/h3-4,6,10H,5,7-9,13H2,1-2H3. The Morgan fingerprint density at radius 2 is 2.33 bits per heavy atom. The molecule has 18 heavy (non-hydrogen) atoms. The van der Waals surface area contributed by atoms with Crippen molar-refractivity contribution in [2.45, 2.75) is 24.9 Å². The lowest BCUT2D eigenvalue weighted by atomic mass is 9.95. The van der Waals surface area contributed by atoms with Crippen LogP contribution in [0.25, 0.3) is 0 Å². The van der Waals surface area contributed by atoms with Crippen molar-refractivity contribution in [1.29, 1.82) is 0 Å². The second kappa shape index (κ2) is 4.92. The van der Waals surface area contributed by atoms with Crippen molar-refractivity contribution in [2.75, 3.05) is 25.1 Å². The van der Waals surface area contributed by atoms with E-state index in [1.54, 1.807) is 11.3 Å².